The fraction of sp³-hybridized carbons (Fsp3) is 0.0526. The minimum atomic E-state index is 0.339. The Bertz CT molecular complexity index is 835. The summed E-state index contributed by atoms with van der Waals surface area (Å²) in [4.78, 5) is 0. The summed E-state index contributed by atoms with van der Waals surface area (Å²) >= 11 is 12.1. The molecule has 0 aliphatic heterocycles. The van der Waals surface area contributed by atoms with Gasteiger partial charge in [0.1, 0.15) is 23.9 Å². The van der Waals surface area contributed by atoms with E-state index in [1.54, 1.807) is 24.3 Å². The first kappa shape index (κ1) is 16.5. The van der Waals surface area contributed by atoms with Crippen molar-refractivity contribution in [1.29, 1.82) is 0 Å². The molecule has 0 amide bonds. The average Bonchev–Trinajstić information content (AvgIpc) is 2.59. The van der Waals surface area contributed by atoms with E-state index in [1.807, 2.05) is 42.5 Å². The van der Waals surface area contributed by atoms with Crippen LogP contribution in [-0.2, 0) is 6.61 Å². The van der Waals surface area contributed by atoms with Crippen LogP contribution in [0.5, 0.6) is 17.2 Å². The van der Waals surface area contributed by atoms with Crippen LogP contribution in [0.15, 0.2) is 66.7 Å². The lowest BCUT2D eigenvalue weighted by Crippen LogP contribution is -1.96. The smallest absolute Gasteiger partial charge is 0.150 e. The van der Waals surface area contributed by atoms with E-state index in [1.165, 1.54) is 0 Å². The van der Waals surface area contributed by atoms with Gasteiger partial charge in [-0.2, -0.15) is 0 Å². The highest BCUT2D eigenvalue weighted by molar-refractivity contribution is 6.33. The van der Waals surface area contributed by atoms with Gasteiger partial charge in [0.2, 0.25) is 0 Å². The second-order valence-electron chi connectivity index (χ2n) is 5.14. The molecule has 0 atom stereocenters. The maximum Gasteiger partial charge on any atom is 0.150 e. The van der Waals surface area contributed by atoms with Gasteiger partial charge in [-0.15, -0.1) is 0 Å². The average molecular weight is 360 g/mol. The van der Waals surface area contributed by atoms with E-state index in [4.69, 9.17) is 38.4 Å². The molecule has 0 unspecified atom stereocenters. The third-order valence-corrected chi connectivity index (χ3v) is 3.98. The van der Waals surface area contributed by atoms with E-state index in [0.717, 1.165) is 5.56 Å². The van der Waals surface area contributed by atoms with Crippen LogP contribution in [0.2, 0.25) is 10.0 Å². The summed E-state index contributed by atoms with van der Waals surface area (Å²) in [6.07, 6.45) is 0. The van der Waals surface area contributed by atoms with Gasteiger partial charge >= 0.3 is 0 Å². The molecule has 0 aliphatic carbocycles. The number of rotatable bonds is 5. The van der Waals surface area contributed by atoms with Crippen LogP contribution in [-0.4, -0.2) is 0 Å². The number of anilines is 1. The summed E-state index contributed by atoms with van der Waals surface area (Å²) in [5.41, 5.74) is 7.29. The number of para-hydroxylation sites is 2. The lowest BCUT2D eigenvalue weighted by atomic mass is 10.2. The zero-order valence-corrected chi connectivity index (χ0v) is 14.2. The van der Waals surface area contributed by atoms with E-state index in [9.17, 15) is 0 Å². The number of ether oxygens (including phenoxy) is 2. The zero-order chi connectivity index (χ0) is 16.9. The van der Waals surface area contributed by atoms with Crippen molar-refractivity contribution in [3.8, 4) is 17.2 Å². The van der Waals surface area contributed by atoms with Gasteiger partial charge < -0.3 is 15.2 Å². The third-order valence-electron chi connectivity index (χ3n) is 3.37. The lowest BCUT2D eigenvalue weighted by molar-refractivity contribution is 0.306. The molecule has 0 bridgehead atoms. The van der Waals surface area contributed by atoms with Crippen molar-refractivity contribution >= 4 is 28.9 Å². The Kier molecular flexibility index (Phi) is 5.14. The maximum atomic E-state index is 6.12. The van der Waals surface area contributed by atoms with E-state index in [2.05, 4.69) is 0 Å². The van der Waals surface area contributed by atoms with Gasteiger partial charge in [-0.1, -0.05) is 35.3 Å². The Labute approximate surface area is 150 Å². The molecule has 0 aromatic heterocycles. The third kappa shape index (κ3) is 4.13. The Morgan fingerprint density at radius 3 is 2.29 bits per heavy atom. The molecule has 0 aliphatic rings. The highest BCUT2D eigenvalue weighted by atomic mass is 35.5. The maximum absolute atomic E-state index is 6.12. The fourth-order valence-electron chi connectivity index (χ4n) is 2.12. The van der Waals surface area contributed by atoms with Gasteiger partial charge in [-0.05, 0) is 54.6 Å². The van der Waals surface area contributed by atoms with Gasteiger partial charge in [-0.3, -0.25) is 0 Å². The quantitative estimate of drug-likeness (QED) is 0.572. The standard InChI is InChI=1S/C19H15Cl2NO2/c20-14-5-10-17(21)13(11-14)12-23-15-6-8-16(9-7-15)24-19-4-2-1-3-18(19)22/h1-11H,12,22H2. The molecule has 3 aromatic rings. The molecule has 3 rings (SSSR count). The normalized spacial score (nSPS) is 10.4. The summed E-state index contributed by atoms with van der Waals surface area (Å²) in [7, 11) is 0. The largest absolute Gasteiger partial charge is 0.489 e. The number of hydrogen-bond acceptors (Lipinski definition) is 3. The SMILES string of the molecule is Nc1ccccc1Oc1ccc(OCc2cc(Cl)ccc2Cl)cc1. The molecular formula is C19H15Cl2NO2. The molecule has 0 heterocycles. The number of benzene rings is 3. The van der Waals surface area contributed by atoms with Crippen molar-refractivity contribution in [3.05, 3.63) is 82.3 Å². The van der Waals surface area contributed by atoms with E-state index in [0.29, 0.717) is 39.6 Å². The fourth-order valence-corrected chi connectivity index (χ4v) is 2.49. The van der Waals surface area contributed by atoms with Crippen molar-refractivity contribution in [2.75, 3.05) is 5.73 Å². The summed E-state index contributed by atoms with van der Waals surface area (Å²) < 4.78 is 11.5. The Balaban J connectivity index is 1.64. The first-order chi connectivity index (χ1) is 11.6. The van der Waals surface area contributed by atoms with Crippen molar-refractivity contribution in [2.24, 2.45) is 0 Å². The molecule has 3 nitrogen and oxygen atoms in total. The molecule has 24 heavy (non-hydrogen) atoms. The highest BCUT2D eigenvalue weighted by Crippen LogP contribution is 2.28. The van der Waals surface area contributed by atoms with Gasteiger partial charge in [0.15, 0.2) is 0 Å². The van der Waals surface area contributed by atoms with Crippen LogP contribution in [0.25, 0.3) is 0 Å². The van der Waals surface area contributed by atoms with Gasteiger partial charge in [0, 0.05) is 15.6 Å². The second kappa shape index (κ2) is 7.47. The first-order valence-electron chi connectivity index (χ1n) is 7.31. The molecule has 5 heteroatoms. The van der Waals surface area contributed by atoms with Gasteiger partial charge in [-0.25, -0.2) is 0 Å². The molecule has 3 aromatic carbocycles. The van der Waals surface area contributed by atoms with Crippen molar-refractivity contribution in [3.63, 3.8) is 0 Å². The zero-order valence-electron chi connectivity index (χ0n) is 12.7. The number of hydrogen-bond donors (Lipinski definition) is 1. The summed E-state index contributed by atoms with van der Waals surface area (Å²) in [5, 5.41) is 1.25. The van der Waals surface area contributed by atoms with E-state index >= 15 is 0 Å². The molecule has 2 N–H and O–H groups in total. The molecule has 0 spiro atoms. The molecule has 0 saturated heterocycles. The van der Waals surface area contributed by atoms with E-state index in [-0.39, 0.29) is 0 Å². The topological polar surface area (TPSA) is 44.5 Å². The molecule has 0 radical (unpaired) electrons. The summed E-state index contributed by atoms with van der Waals surface area (Å²) in [5.74, 6) is 2.01. The summed E-state index contributed by atoms with van der Waals surface area (Å²) in [6.45, 7) is 0.339. The van der Waals surface area contributed by atoms with Gasteiger partial charge in [0.05, 0.1) is 5.69 Å². The summed E-state index contributed by atoms with van der Waals surface area (Å²) in [6, 6.07) is 19.9. The van der Waals surface area contributed by atoms with E-state index < -0.39 is 0 Å². The van der Waals surface area contributed by atoms with Crippen LogP contribution in [0.3, 0.4) is 0 Å². The van der Waals surface area contributed by atoms with Crippen molar-refractivity contribution in [1.82, 2.24) is 0 Å². The predicted octanol–water partition coefficient (Wildman–Crippen LogP) is 5.95. The predicted molar refractivity (Wildman–Crippen MR) is 98.2 cm³/mol. The molecule has 122 valence electrons. The number of halogens is 2. The van der Waals surface area contributed by atoms with Crippen molar-refractivity contribution in [2.45, 2.75) is 6.61 Å². The Hall–Kier alpha value is -2.36. The van der Waals surface area contributed by atoms with Crippen molar-refractivity contribution < 1.29 is 9.47 Å². The van der Waals surface area contributed by atoms with Crippen LogP contribution in [0.1, 0.15) is 5.56 Å². The monoisotopic (exact) mass is 359 g/mol. The lowest BCUT2D eigenvalue weighted by Gasteiger charge is -2.10. The minimum Gasteiger partial charge on any atom is -0.489 e. The molecular weight excluding hydrogens is 345 g/mol. The highest BCUT2D eigenvalue weighted by Gasteiger charge is 2.04. The Morgan fingerprint density at radius 1 is 0.833 bits per heavy atom. The van der Waals surface area contributed by atoms with Crippen LogP contribution in [0, 0.1) is 0 Å². The van der Waals surface area contributed by atoms with Crippen LogP contribution >= 0.6 is 23.2 Å². The minimum absolute atomic E-state index is 0.339. The van der Waals surface area contributed by atoms with Crippen LogP contribution < -0.4 is 15.2 Å². The number of nitrogen functional groups attached to an aromatic ring is 1. The van der Waals surface area contributed by atoms with Crippen LogP contribution in [0.4, 0.5) is 5.69 Å². The number of nitrogens with two attached hydrogens (primary N) is 1. The Morgan fingerprint density at radius 2 is 1.54 bits per heavy atom. The second-order valence-corrected chi connectivity index (χ2v) is 5.98. The first-order valence-corrected chi connectivity index (χ1v) is 8.06. The van der Waals surface area contributed by atoms with Gasteiger partial charge in [0.25, 0.3) is 0 Å². The molecule has 0 saturated carbocycles. The molecule has 0 fully saturated rings.